The highest BCUT2D eigenvalue weighted by Gasteiger charge is 2.32. The van der Waals surface area contributed by atoms with Crippen molar-refractivity contribution >= 4 is 27.5 Å². The Kier molecular flexibility index (Phi) is 4.66. The second-order valence-corrected chi connectivity index (χ2v) is 8.47. The number of nitrogens with two attached hydrogens (primary N) is 1. The maximum absolute atomic E-state index is 12.9. The van der Waals surface area contributed by atoms with E-state index in [4.69, 9.17) is 5.73 Å². The molecule has 1 heterocycles. The normalized spacial score (nSPS) is 21.1. The van der Waals surface area contributed by atoms with Crippen molar-refractivity contribution in [3.63, 3.8) is 0 Å². The molecule has 6 heteroatoms. The average molecular weight is 314 g/mol. The third kappa shape index (κ3) is 2.82. The number of nitrogens with zero attached hydrogens (tertiary/aromatic N) is 1. The van der Waals surface area contributed by atoms with Gasteiger partial charge in [-0.05, 0) is 37.5 Å². The lowest BCUT2D eigenvalue weighted by molar-refractivity contribution is 0.415. The number of sulfonamides is 1. The number of rotatable bonds is 3. The van der Waals surface area contributed by atoms with Crippen LogP contribution in [0.5, 0.6) is 0 Å². The van der Waals surface area contributed by atoms with Crippen molar-refractivity contribution in [1.82, 2.24) is 4.31 Å². The molecule has 4 nitrogen and oxygen atoms in total. The summed E-state index contributed by atoms with van der Waals surface area (Å²) in [7, 11) is -3.45. The molecule has 2 rings (SSSR count). The van der Waals surface area contributed by atoms with Gasteiger partial charge in [-0.1, -0.05) is 13.0 Å². The average Bonchev–Trinajstić information content (AvgIpc) is 2.43. The Morgan fingerprint density at radius 1 is 1.40 bits per heavy atom. The molecule has 20 heavy (non-hydrogen) atoms. The van der Waals surface area contributed by atoms with E-state index in [1.807, 2.05) is 18.7 Å². The van der Waals surface area contributed by atoms with Crippen LogP contribution in [0.1, 0.15) is 24.5 Å². The van der Waals surface area contributed by atoms with Gasteiger partial charge in [0.15, 0.2) is 0 Å². The fourth-order valence-electron chi connectivity index (χ4n) is 2.53. The summed E-state index contributed by atoms with van der Waals surface area (Å²) in [5.74, 6) is 0.859. The summed E-state index contributed by atoms with van der Waals surface area (Å²) in [4.78, 5) is 0.388. The first-order valence-corrected chi connectivity index (χ1v) is 9.34. The predicted octanol–water partition coefficient (Wildman–Crippen LogP) is 2.40. The zero-order valence-corrected chi connectivity index (χ0v) is 13.9. The van der Waals surface area contributed by atoms with E-state index < -0.39 is 10.0 Å². The standard InChI is InChI=1S/C14H22N2O2S2/c1-4-12-9-16(7-8-19-12)20(17,18)14-10(2)5-6-13(15)11(14)3/h5-6,12H,4,7-9,15H2,1-3H3. The number of hydrogen-bond donors (Lipinski definition) is 1. The Balaban J connectivity index is 2.43. The Labute approximate surface area is 125 Å². The lowest BCUT2D eigenvalue weighted by Gasteiger charge is -2.32. The van der Waals surface area contributed by atoms with Crippen LogP contribution in [0.2, 0.25) is 0 Å². The molecular weight excluding hydrogens is 292 g/mol. The Bertz CT molecular complexity index is 599. The first-order valence-electron chi connectivity index (χ1n) is 6.85. The molecule has 1 atom stereocenters. The Morgan fingerprint density at radius 3 is 2.75 bits per heavy atom. The zero-order valence-electron chi connectivity index (χ0n) is 12.2. The molecular formula is C14H22N2O2S2. The number of benzene rings is 1. The second kappa shape index (κ2) is 5.95. The van der Waals surface area contributed by atoms with Gasteiger partial charge in [-0.2, -0.15) is 16.1 Å². The van der Waals surface area contributed by atoms with Crippen molar-refractivity contribution in [2.24, 2.45) is 0 Å². The number of anilines is 1. The summed E-state index contributed by atoms with van der Waals surface area (Å²) in [6, 6.07) is 3.55. The van der Waals surface area contributed by atoms with E-state index in [-0.39, 0.29) is 0 Å². The first kappa shape index (κ1) is 15.7. The van der Waals surface area contributed by atoms with Gasteiger partial charge in [0, 0.05) is 29.8 Å². The van der Waals surface area contributed by atoms with E-state index in [9.17, 15) is 8.42 Å². The minimum Gasteiger partial charge on any atom is -0.398 e. The van der Waals surface area contributed by atoms with Crippen LogP contribution in [0.25, 0.3) is 0 Å². The predicted molar refractivity (Wildman–Crippen MR) is 85.6 cm³/mol. The molecule has 0 aromatic heterocycles. The van der Waals surface area contributed by atoms with Gasteiger partial charge in [-0.25, -0.2) is 8.42 Å². The first-order chi connectivity index (χ1) is 9.37. The monoisotopic (exact) mass is 314 g/mol. The van der Waals surface area contributed by atoms with Crippen LogP contribution in [0, 0.1) is 13.8 Å². The van der Waals surface area contributed by atoms with E-state index in [1.54, 1.807) is 23.4 Å². The third-order valence-electron chi connectivity index (χ3n) is 3.80. The van der Waals surface area contributed by atoms with Gasteiger partial charge < -0.3 is 5.73 Å². The van der Waals surface area contributed by atoms with Crippen molar-refractivity contribution in [1.29, 1.82) is 0 Å². The largest absolute Gasteiger partial charge is 0.398 e. The molecule has 1 unspecified atom stereocenters. The number of nitrogen functional groups attached to an aromatic ring is 1. The molecule has 0 spiro atoms. The van der Waals surface area contributed by atoms with Gasteiger partial charge >= 0.3 is 0 Å². The van der Waals surface area contributed by atoms with Crippen molar-refractivity contribution in [3.8, 4) is 0 Å². The van der Waals surface area contributed by atoms with Crippen LogP contribution < -0.4 is 5.73 Å². The highest BCUT2D eigenvalue weighted by Crippen LogP contribution is 2.31. The summed E-state index contributed by atoms with van der Waals surface area (Å²) in [5.41, 5.74) is 7.85. The molecule has 1 aromatic rings. The number of thioether (sulfide) groups is 1. The smallest absolute Gasteiger partial charge is 0.243 e. The minimum atomic E-state index is -3.45. The molecule has 112 valence electrons. The van der Waals surface area contributed by atoms with Gasteiger partial charge in [0.25, 0.3) is 0 Å². The van der Waals surface area contributed by atoms with Gasteiger partial charge in [-0.3, -0.25) is 0 Å². The fraction of sp³-hybridized carbons (Fsp3) is 0.571. The molecule has 0 radical (unpaired) electrons. The molecule has 2 N–H and O–H groups in total. The van der Waals surface area contributed by atoms with Crippen LogP contribution in [0.15, 0.2) is 17.0 Å². The molecule has 0 saturated carbocycles. The molecule has 1 aromatic carbocycles. The second-order valence-electron chi connectivity index (χ2n) is 5.19. The SMILES string of the molecule is CCC1CN(S(=O)(=O)c2c(C)ccc(N)c2C)CCS1. The van der Waals surface area contributed by atoms with Gasteiger partial charge in [0.2, 0.25) is 10.0 Å². The molecule has 0 bridgehead atoms. The van der Waals surface area contributed by atoms with Crippen LogP contribution in [-0.4, -0.2) is 36.8 Å². The third-order valence-corrected chi connectivity index (χ3v) is 7.33. The summed E-state index contributed by atoms with van der Waals surface area (Å²) in [5, 5.41) is 0.389. The van der Waals surface area contributed by atoms with Gasteiger partial charge in [0.1, 0.15) is 0 Å². The maximum atomic E-state index is 12.9. The van der Waals surface area contributed by atoms with Gasteiger partial charge in [0.05, 0.1) is 4.90 Å². The van der Waals surface area contributed by atoms with E-state index in [0.29, 0.717) is 34.5 Å². The maximum Gasteiger partial charge on any atom is 0.243 e. The zero-order chi connectivity index (χ0) is 14.9. The summed E-state index contributed by atoms with van der Waals surface area (Å²) >= 11 is 1.86. The number of hydrogen-bond acceptors (Lipinski definition) is 4. The molecule has 0 amide bonds. The van der Waals surface area contributed by atoms with Crippen molar-refractivity contribution in [2.75, 3.05) is 24.6 Å². The van der Waals surface area contributed by atoms with Crippen LogP contribution in [0.4, 0.5) is 5.69 Å². The quantitative estimate of drug-likeness (QED) is 0.870. The van der Waals surface area contributed by atoms with Crippen molar-refractivity contribution in [3.05, 3.63) is 23.3 Å². The van der Waals surface area contributed by atoms with Crippen LogP contribution in [-0.2, 0) is 10.0 Å². The molecule has 0 aliphatic carbocycles. The number of aryl methyl sites for hydroxylation is 1. The van der Waals surface area contributed by atoms with Gasteiger partial charge in [-0.15, -0.1) is 0 Å². The minimum absolute atomic E-state index is 0.388. The summed E-state index contributed by atoms with van der Waals surface area (Å²) < 4.78 is 27.4. The van der Waals surface area contributed by atoms with Crippen molar-refractivity contribution < 1.29 is 8.42 Å². The topological polar surface area (TPSA) is 63.4 Å². The van der Waals surface area contributed by atoms with E-state index in [0.717, 1.165) is 17.7 Å². The summed E-state index contributed by atoms with van der Waals surface area (Å²) in [6.45, 7) is 6.89. The molecule has 1 fully saturated rings. The lowest BCUT2D eigenvalue weighted by Crippen LogP contribution is -2.42. The fourth-order valence-corrected chi connectivity index (χ4v) is 5.86. The molecule has 1 saturated heterocycles. The van der Waals surface area contributed by atoms with E-state index >= 15 is 0 Å². The Hall–Kier alpha value is -0.720. The molecule has 1 aliphatic rings. The highest BCUT2D eigenvalue weighted by molar-refractivity contribution is 8.00. The van der Waals surface area contributed by atoms with Crippen LogP contribution >= 0.6 is 11.8 Å². The Morgan fingerprint density at radius 2 is 2.10 bits per heavy atom. The van der Waals surface area contributed by atoms with E-state index in [2.05, 4.69) is 6.92 Å². The lowest BCUT2D eigenvalue weighted by atomic mass is 10.1. The van der Waals surface area contributed by atoms with Crippen LogP contribution in [0.3, 0.4) is 0 Å². The summed E-state index contributed by atoms with van der Waals surface area (Å²) in [6.07, 6.45) is 0.992. The van der Waals surface area contributed by atoms with E-state index in [1.165, 1.54) is 0 Å². The van der Waals surface area contributed by atoms with Crippen molar-refractivity contribution in [2.45, 2.75) is 37.3 Å². The molecule has 1 aliphatic heterocycles. The highest BCUT2D eigenvalue weighted by atomic mass is 32.2.